The minimum Gasteiger partial charge on any atom is -0.171 e. The van der Waals surface area contributed by atoms with Crippen molar-refractivity contribution in [3.63, 3.8) is 0 Å². The van der Waals surface area contributed by atoms with E-state index in [0.717, 1.165) is 0 Å². The van der Waals surface area contributed by atoms with Crippen LogP contribution in [0.4, 0.5) is 0 Å². The van der Waals surface area contributed by atoms with Crippen molar-refractivity contribution in [3.05, 3.63) is 0 Å². The Labute approximate surface area is 66.8 Å². The molecule has 1 aliphatic rings. The first-order valence-electron chi connectivity index (χ1n) is 3.59. The molecule has 0 saturated heterocycles. The summed E-state index contributed by atoms with van der Waals surface area (Å²) in [5.74, 6) is 0.585. The van der Waals surface area contributed by atoms with Crippen LogP contribution in [0.1, 0.15) is 32.1 Å². The van der Waals surface area contributed by atoms with Crippen molar-refractivity contribution in [2.24, 2.45) is 0 Å². The molecule has 1 saturated carbocycles. The van der Waals surface area contributed by atoms with Gasteiger partial charge in [0.05, 0.1) is 0 Å². The zero-order valence-electron chi connectivity index (χ0n) is 5.45. The van der Waals surface area contributed by atoms with Crippen molar-refractivity contribution >= 4 is 28.5 Å². The fourth-order valence-electron chi connectivity index (χ4n) is 1.39. The van der Waals surface area contributed by atoms with Crippen LogP contribution < -0.4 is 0 Å². The monoisotopic (exact) mass is 164 g/mol. The molecule has 0 nitrogen and oxygen atoms in total. The van der Waals surface area contributed by atoms with Gasteiger partial charge < -0.3 is 0 Å². The number of hydrogen-bond acceptors (Lipinski definition) is 0. The van der Waals surface area contributed by atoms with Crippen LogP contribution in [0.15, 0.2) is 0 Å². The molecule has 52 valence electrons. The van der Waals surface area contributed by atoms with Crippen LogP contribution >= 0.6 is 22.9 Å². The molecule has 0 heterocycles. The lowest BCUT2D eigenvalue weighted by Gasteiger charge is -2.19. The molecule has 0 aromatic carbocycles. The Morgan fingerprint density at radius 1 is 1.00 bits per heavy atom. The van der Waals surface area contributed by atoms with Gasteiger partial charge in [-0.2, -0.15) is 22.9 Å². The van der Waals surface area contributed by atoms with Crippen molar-refractivity contribution in [1.82, 2.24) is 0 Å². The maximum Gasteiger partial charge on any atom is 0.354 e. The Morgan fingerprint density at radius 2 is 1.56 bits per heavy atom. The molecule has 3 heteroatoms. The second kappa shape index (κ2) is 3.73. The average molecular weight is 165 g/mol. The third-order valence-electron chi connectivity index (χ3n) is 2.01. The van der Waals surface area contributed by atoms with E-state index < -0.39 is 0 Å². The van der Waals surface area contributed by atoms with Gasteiger partial charge in [-0.15, -0.1) is 0 Å². The normalized spacial score (nSPS) is 22.0. The molecule has 0 aliphatic heterocycles. The maximum absolute atomic E-state index is 5.72. The average Bonchev–Trinajstić information content (AvgIpc) is 1.90. The van der Waals surface area contributed by atoms with E-state index in [-0.39, 0.29) is 5.54 Å². The highest BCUT2D eigenvalue weighted by Gasteiger charge is 2.23. The van der Waals surface area contributed by atoms with E-state index in [4.69, 9.17) is 22.9 Å². The van der Waals surface area contributed by atoms with Gasteiger partial charge in [-0.1, -0.05) is 32.1 Å². The molecule has 1 fully saturated rings. The van der Waals surface area contributed by atoms with Crippen molar-refractivity contribution in [2.45, 2.75) is 37.9 Å². The van der Waals surface area contributed by atoms with E-state index in [1.807, 2.05) is 0 Å². The predicted octanol–water partition coefficient (Wildman–Crippen LogP) is 3.29. The molecule has 0 N–H and O–H groups in total. The molecule has 0 unspecified atom stereocenters. The number of hydrogen-bond donors (Lipinski definition) is 0. The number of halogens is 2. The summed E-state index contributed by atoms with van der Waals surface area (Å²) < 4.78 is 0. The van der Waals surface area contributed by atoms with Crippen molar-refractivity contribution in [3.8, 4) is 0 Å². The van der Waals surface area contributed by atoms with Crippen LogP contribution in [0, 0.1) is 0 Å². The van der Waals surface area contributed by atoms with E-state index in [2.05, 4.69) is 0 Å². The Balaban J connectivity index is 2.23. The molecule has 0 amide bonds. The molecule has 0 atom stereocenters. The SMILES string of the molecule is ClB(Cl)C1CCCCC1. The molecule has 9 heavy (non-hydrogen) atoms. The molecule has 0 bridgehead atoms. The zero-order valence-corrected chi connectivity index (χ0v) is 6.96. The summed E-state index contributed by atoms with van der Waals surface area (Å²) in [6.45, 7) is 0. The van der Waals surface area contributed by atoms with Crippen LogP contribution in [-0.4, -0.2) is 5.54 Å². The second-order valence-corrected chi connectivity index (χ2v) is 3.90. The molecule has 0 spiro atoms. The lowest BCUT2D eigenvalue weighted by molar-refractivity contribution is 0.502. The second-order valence-electron chi connectivity index (χ2n) is 2.73. The van der Waals surface area contributed by atoms with E-state index in [9.17, 15) is 0 Å². The maximum atomic E-state index is 5.72. The Morgan fingerprint density at radius 3 is 1.89 bits per heavy atom. The summed E-state index contributed by atoms with van der Waals surface area (Å²) in [5, 5.41) is 0. The van der Waals surface area contributed by atoms with Crippen LogP contribution in [-0.2, 0) is 0 Å². The first-order chi connectivity index (χ1) is 4.30. The van der Waals surface area contributed by atoms with Gasteiger partial charge in [0, 0.05) is 0 Å². The van der Waals surface area contributed by atoms with E-state index >= 15 is 0 Å². The first kappa shape index (κ1) is 7.75. The van der Waals surface area contributed by atoms with Gasteiger partial charge in [-0.3, -0.25) is 0 Å². The zero-order chi connectivity index (χ0) is 6.69. The van der Waals surface area contributed by atoms with Crippen LogP contribution in [0.3, 0.4) is 0 Å². The summed E-state index contributed by atoms with van der Waals surface area (Å²) in [6, 6.07) is 0. The first-order valence-corrected chi connectivity index (χ1v) is 4.46. The Bertz CT molecular complexity index is 79.1. The van der Waals surface area contributed by atoms with Gasteiger partial charge in [0.1, 0.15) is 0 Å². The number of rotatable bonds is 1. The van der Waals surface area contributed by atoms with Crippen molar-refractivity contribution < 1.29 is 0 Å². The summed E-state index contributed by atoms with van der Waals surface area (Å²) >= 11 is 11.4. The highest BCUT2D eigenvalue weighted by molar-refractivity contribution is 7.34. The lowest BCUT2D eigenvalue weighted by atomic mass is 9.73. The third kappa shape index (κ3) is 2.39. The Kier molecular flexibility index (Phi) is 3.21. The van der Waals surface area contributed by atoms with Gasteiger partial charge in [0.25, 0.3) is 0 Å². The third-order valence-corrected chi connectivity index (χ3v) is 2.72. The summed E-state index contributed by atoms with van der Waals surface area (Å²) in [4.78, 5) is 0. The molecule has 0 radical (unpaired) electrons. The molecular weight excluding hydrogens is 154 g/mol. The highest BCUT2D eigenvalue weighted by Crippen LogP contribution is 2.33. The van der Waals surface area contributed by atoms with Crippen LogP contribution in [0.25, 0.3) is 0 Å². The lowest BCUT2D eigenvalue weighted by Crippen LogP contribution is -2.10. The molecular formula is C6H11BCl2. The smallest absolute Gasteiger partial charge is 0.171 e. The minimum atomic E-state index is -0.120. The topological polar surface area (TPSA) is 0 Å². The van der Waals surface area contributed by atoms with Gasteiger partial charge >= 0.3 is 5.54 Å². The van der Waals surface area contributed by atoms with Gasteiger partial charge in [0.15, 0.2) is 0 Å². The van der Waals surface area contributed by atoms with E-state index in [1.165, 1.54) is 32.1 Å². The van der Waals surface area contributed by atoms with Crippen LogP contribution in [0.2, 0.25) is 5.82 Å². The van der Waals surface area contributed by atoms with E-state index in [1.54, 1.807) is 0 Å². The standard InChI is InChI=1S/C6H11BCl2/c8-7(9)6-4-2-1-3-5-6/h6H,1-5H2. The van der Waals surface area contributed by atoms with Crippen molar-refractivity contribution in [2.75, 3.05) is 0 Å². The largest absolute Gasteiger partial charge is 0.354 e. The fraction of sp³-hybridized carbons (Fsp3) is 1.00. The summed E-state index contributed by atoms with van der Waals surface area (Å²) in [6.07, 6.45) is 6.48. The fourth-order valence-corrected chi connectivity index (χ4v) is 1.89. The van der Waals surface area contributed by atoms with Crippen LogP contribution in [0.5, 0.6) is 0 Å². The van der Waals surface area contributed by atoms with E-state index in [0.29, 0.717) is 5.82 Å². The quantitative estimate of drug-likeness (QED) is 0.522. The minimum absolute atomic E-state index is 0.120. The van der Waals surface area contributed by atoms with Crippen molar-refractivity contribution in [1.29, 1.82) is 0 Å². The summed E-state index contributed by atoms with van der Waals surface area (Å²) in [7, 11) is 0. The van der Waals surface area contributed by atoms with Gasteiger partial charge in [-0.05, 0) is 5.82 Å². The molecule has 1 rings (SSSR count). The predicted molar refractivity (Wildman–Crippen MR) is 44.3 cm³/mol. The molecule has 1 aliphatic carbocycles. The highest BCUT2D eigenvalue weighted by atomic mass is 35.5. The molecule has 0 aromatic heterocycles. The van der Waals surface area contributed by atoms with Gasteiger partial charge in [0.2, 0.25) is 0 Å². The molecule has 0 aromatic rings. The summed E-state index contributed by atoms with van der Waals surface area (Å²) in [5.41, 5.74) is -0.120. The Hall–Kier alpha value is 0.645. The van der Waals surface area contributed by atoms with Gasteiger partial charge in [-0.25, -0.2) is 0 Å².